The van der Waals surface area contributed by atoms with E-state index >= 15 is 0 Å². The molecule has 0 bridgehead atoms. The molecule has 0 amide bonds. The predicted molar refractivity (Wildman–Crippen MR) is 76.9 cm³/mol. The normalized spacial score (nSPS) is 13.9. The van der Waals surface area contributed by atoms with Gasteiger partial charge in [-0.2, -0.15) is 0 Å². The van der Waals surface area contributed by atoms with Crippen LogP contribution in [0.1, 0.15) is 16.9 Å². The molecule has 3 rings (SSSR count). The molecule has 18 heavy (non-hydrogen) atoms. The van der Waals surface area contributed by atoms with Gasteiger partial charge in [0.2, 0.25) is 0 Å². The van der Waals surface area contributed by atoms with Crippen LogP contribution in [-0.4, -0.2) is 18.3 Å². The third-order valence-electron chi connectivity index (χ3n) is 3.46. The van der Waals surface area contributed by atoms with Crippen LogP contribution in [0, 0.1) is 0 Å². The zero-order valence-electron chi connectivity index (χ0n) is 10.3. The number of hydrogen-bond donors (Lipinski definition) is 1. The Kier molecular flexibility index (Phi) is 3.35. The lowest BCUT2D eigenvalue weighted by Gasteiger charge is -2.25. The number of hydrogen-bond acceptors (Lipinski definition) is 3. The number of thiophene rings is 1. The summed E-state index contributed by atoms with van der Waals surface area (Å²) in [5.41, 5.74) is 4.06. The van der Waals surface area contributed by atoms with Crippen molar-refractivity contribution in [1.82, 2.24) is 0 Å². The number of aliphatic hydroxyl groups is 1. The highest BCUT2D eigenvalue weighted by molar-refractivity contribution is 7.10. The Bertz CT molecular complexity index is 535. The molecule has 0 radical (unpaired) electrons. The summed E-state index contributed by atoms with van der Waals surface area (Å²) in [4.78, 5) is 3.83. The quantitative estimate of drug-likeness (QED) is 0.913. The van der Waals surface area contributed by atoms with E-state index in [1.165, 1.54) is 21.8 Å². The van der Waals surface area contributed by atoms with Crippen LogP contribution in [0.25, 0.3) is 0 Å². The van der Waals surface area contributed by atoms with Gasteiger partial charge in [-0.1, -0.05) is 18.2 Å². The molecule has 0 saturated heterocycles. The van der Waals surface area contributed by atoms with Crippen LogP contribution in [0.2, 0.25) is 0 Å². The maximum atomic E-state index is 9.09. The average molecular weight is 259 g/mol. The van der Waals surface area contributed by atoms with E-state index in [4.69, 9.17) is 5.11 Å². The molecule has 1 aromatic heterocycles. The second-order valence-electron chi connectivity index (χ2n) is 4.59. The van der Waals surface area contributed by atoms with Crippen molar-refractivity contribution in [2.45, 2.75) is 19.3 Å². The molecule has 0 fully saturated rings. The number of para-hydroxylation sites is 1. The van der Waals surface area contributed by atoms with Gasteiger partial charge in [-0.05, 0) is 42.3 Å². The number of rotatable bonds is 3. The van der Waals surface area contributed by atoms with E-state index in [9.17, 15) is 0 Å². The lowest BCUT2D eigenvalue weighted by molar-refractivity contribution is 0.291. The van der Waals surface area contributed by atoms with E-state index in [2.05, 4.69) is 40.6 Å². The fourth-order valence-electron chi connectivity index (χ4n) is 2.59. The molecule has 2 aromatic rings. The molecule has 1 N–H and O–H groups in total. The SMILES string of the molecule is OCCCN1c2ccccc2CCc2sccc21. The standard InChI is InChI=1S/C15H17NOS/c17-10-3-9-16-13-5-2-1-4-12(13)6-7-15-14(16)8-11-18-15/h1-2,4-5,8,11,17H,3,6-7,9-10H2. The van der Waals surface area contributed by atoms with Crippen molar-refractivity contribution >= 4 is 22.7 Å². The molecule has 2 heterocycles. The zero-order chi connectivity index (χ0) is 12.4. The molecule has 1 aliphatic rings. The molecular weight excluding hydrogens is 242 g/mol. The summed E-state index contributed by atoms with van der Waals surface area (Å²) in [5, 5.41) is 11.3. The van der Waals surface area contributed by atoms with Crippen molar-refractivity contribution in [3.63, 3.8) is 0 Å². The summed E-state index contributed by atoms with van der Waals surface area (Å²) < 4.78 is 0. The molecule has 3 heteroatoms. The molecule has 2 nitrogen and oxygen atoms in total. The first-order valence-corrected chi connectivity index (χ1v) is 7.31. The van der Waals surface area contributed by atoms with E-state index in [0.717, 1.165) is 25.8 Å². The maximum absolute atomic E-state index is 9.09. The molecule has 0 saturated carbocycles. The first-order chi connectivity index (χ1) is 8.90. The largest absolute Gasteiger partial charge is 0.396 e. The highest BCUT2D eigenvalue weighted by Gasteiger charge is 2.20. The van der Waals surface area contributed by atoms with E-state index in [0.29, 0.717) is 0 Å². The van der Waals surface area contributed by atoms with Gasteiger partial charge in [0.25, 0.3) is 0 Å². The van der Waals surface area contributed by atoms with Crippen molar-refractivity contribution in [1.29, 1.82) is 0 Å². The molecule has 1 aliphatic heterocycles. The summed E-state index contributed by atoms with van der Waals surface area (Å²) in [6.45, 7) is 1.13. The number of anilines is 2. The van der Waals surface area contributed by atoms with Gasteiger partial charge in [0.05, 0.1) is 5.69 Å². The summed E-state index contributed by atoms with van der Waals surface area (Å²) in [6, 6.07) is 10.8. The third kappa shape index (κ3) is 2.04. The second-order valence-corrected chi connectivity index (χ2v) is 5.59. The minimum absolute atomic E-state index is 0.248. The molecule has 0 aliphatic carbocycles. The van der Waals surface area contributed by atoms with Crippen molar-refractivity contribution < 1.29 is 5.11 Å². The van der Waals surface area contributed by atoms with Crippen LogP contribution in [0.15, 0.2) is 35.7 Å². The molecule has 0 spiro atoms. The number of aliphatic hydroxyl groups excluding tert-OH is 1. The molecule has 0 atom stereocenters. The number of aryl methyl sites for hydroxylation is 2. The van der Waals surface area contributed by atoms with Gasteiger partial charge in [0, 0.05) is 23.7 Å². The Morgan fingerprint density at radius 3 is 2.89 bits per heavy atom. The Labute approximate surface area is 112 Å². The van der Waals surface area contributed by atoms with Crippen molar-refractivity contribution in [3.8, 4) is 0 Å². The number of benzene rings is 1. The van der Waals surface area contributed by atoms with Crippen LogP contribution < -0.4 is 4.90 Å². The van der Waals surface area contributed by atoms with Gasteiger partial charge in [0.15, 0.2) is 0 Å². The highest BCUT2D eigenvalue weighted by Crippen LogP contribution is 2.38. The van der Waals surface area contributed by atoms with Crippen LogP contribution in [-0.2, 0) is 12.8 Å². The molecule has 0 unspecified atom stereocenters. The van der Waals surface area contributed by atoms with Crippen LogP contribution in [0.4, 0.5) is 11.4 Å². The minimum Gasteiger partial charge on any atom is -0.396 e. The smallest absolute Gasteiger partial charge is 0.0552 e. The van der Waals surface area contributed by atoms with Crippen molar-refractivity contribution in [2.24, 2.45) is 0 Å². The van der Waals surface area contributed by atoms with E-state index in [1.807, 2.05) is 11.3 Å². The lowest BCUT2D eigenvalue weighted by Crippen LogP contribution is -2.19. The Hall–Kier alpha value is -1.32. The predicted octanol–water partition coefficient (Wildman–Crippen LogP) is 3.37. The summed E-state index contributed by atoms with van der Waals surface area (Å²) in [6.07, 6.45) is 3.04. The summed E-state index contributed by atoms with van der Waals surface area (Å²) in [5.74, 6) is 0. The Morgan fingerprint density at radius 2 is 2.00 bits per heavy atom. The first-order valence-electron chi connectivity index (χ1n) is 6.43. The van der Waals surface area contributed by atoms with Crippen molar-refractivity contribution in [2.75, 3.05) is 18.1 Å². The van der Waals surface area contributed by atoms with Crippen LogP contribution in [0.3, 0.4) is 0 Å². The van der Waals surface area contributed by atoms with Crippen LogP contribution in [0.5, 0.6) is 0 Å². The minimum atomic E-state index is 0.248. The highest BCUT2D eigenvalue weighted by atomic mass is 32.1. The summed E-state index contributed by atoms with van der Waals surface area (Å²) in [7, 11) is 0. The topological polar surface area (TPSA) is 23.5 Å². The van der Waals surface area contributed by atoms with E-state index in [-0.39, 0.29) is 6.61 Å². The molecule has 94 valence electrons. The van der Waals surface area contributed by atoms with Crippen LogP contribution >= 0.6 is 11.3 Å². The van der Waals surface area contributed by atoms with Gasteiger partial charge >= 0.3 is 0 Å². The second kappa shape index (κ2) is 5.12. The lowest BCUT2D eigenvalue weighted by atomic mass is 10.1. The average Bonchev–Trinajstić information content (AvgIpc) is 2.81. The number of fused-ring (bicyclic) bond motifs is 2. The monoisotopic (exact) mass is 259 g/mol. The third-order valence-corrected chi connectivity index (χ3v) is 4.43. The van der Waals surface area contributed by atoms with E-state index < -0.39 is 0 Å². The zero-order valence-corrected chi connectivity index (χ0v) is 11.1. The first kappa shape index (κ1) is 11.8. The number of nitrogens with zero attached hydrogens (tertiary/aromatic N) is 1. The Morgan fingerprint density at radius 1 is 1.11 bits per heavy atom. The van der Waals surface area contributed by atoms with Gasteiger partial charge < -0.3 is 10.0 Å². The fraction of sp³-hybridized carbons (Fsp3) is 0.333. The maximum Gasteiger partial charge on any atom is 0.0552 e. The van der Waals surface area contributed by atoms with Gasteiger partial charge in [-0.15, -0.1) is 11.3 Å². The van der Waals surface area contributed by atoms with E-state index in [1.54, 1.807) is 0 Å². The van der Waals surface area contributed by atoms with Crippen molar-refractivity contribution in [3.05, 3.63) is 46.2 Å². The summed E-state index contributed by atoms with van der Waals surface area (Å²) >= 11 is 1.84. The molecular formula is C15H17NOS. The Balaban J connectivity index is 2.05. The van der Waals surface area contributed by atoms with Gasteiger partial charge in [-0.25, -0.2) is 0 Å². The van der Waals surface area contributed by atoms with Gasteiger partial charge in [0.1, 0.15) is 0 Å². The van der Waals surface area contributed by atoms with Gasteiger partial charge in [-0.3, -0.25) is 0 Å². The fourth-order valence-corrected chi connectivity index (χ4v) is 3.47. The molecule has 1 aromatic carbocycles.